The highest BCUT2D eigenvalue weighted by molar-refractivity contribution is 7.80. The molecule has 0 aliphatic heterocycles. The summed E-state index contributed by atoms with van der Waals surface area (Å²) in [5.74, 6) is -2.85. The molecule has 254 valence electrons. The van der Waals surface area contributed by atoms with Crippen molar-refractivity contribution < 1.29 is 44.7 Å². The molecule has 0 saturated carbocycles. The molecule has 2 atom stereocenters. The van der Waals surface area contributed by atoms with Crippen LogP contribution in [0.4, 0.5) is 4.79 Å². The molecule has 13 nitrogen and oxygen atoms in total. The number of nitrogens with one attached hydrogen (secondary N) is 2. The lowest BCUT2D eigenvalue weighted by Crippen LogP contribution is -2.35. The van der Waals surface area contributed by atoms with Gasteiger partial charge in [0.1, 0.15) is 12.4 Å². The van der Waals surface area contributed by atoms with Gasteiger partial charge >= 0.3 is 18.0 Å². The summed E-state index contributed by atoms with van der Waals surface area (Å²) in [6.45, 7) is 2.04. The Morgan fingerprint density at radius 1 is 0.933 bits per heavy atom. The van der Waals surface area contributed by atoms with Gasteiger partial charge in [0.25, 0.3) is 0 Å². The molecule has 0 aliphatic rings. The van der Waals surface area contributed by atoms with Crippen molar-refractivity contribution in [3.8, 4) is 5.75 Å². The van der Waals surface area contributed by atoms with Gasteiger partial charge in [0.05, 0.1) is 19.6 Å². The van der Waals surface area contributed by atoms with Crippen LogP contribution in [0.25, 0.3) is 0 Å². The number of amides is 3. The van der Waals surface area contributed by atoms with E-state index in [1.807, 2.05) is 19.0 Å². The number of hydrogen-bond donors (Lipinski definition) is 4. The molecule has 2 unspecified atom stereocenters. The molecule has 0 radical (unpaired) electrons. The van der Waals surface area contributed by atoms with Crippen LogP contribution < -0.4 is 15.4 Å². The number of carboxylic acids is 1. The van der Waals surface area contributed by atoms with Gasteiger partial charge in [0.2, 0.25) is 11.8 Å². The van der Waals surface area contributed by atoms with Gasteiger partial charge in [-0.25, -0.2) is 4.79 Å². The predicted molar refractivity (Wildman–Crippen MR) is 172 cm³/mol. The number of unbranched alkanes of at least 4 members (excludes halogenated alkanes) is 2. The summed E-state index contributed by atoms with van der Waals surface area (Å²) in [6.07, 6.45) is 2.48. The number of carbonyl (C=O) groups is 5. The minimum atomic E-state index is -1.08. The molecule has 1 aromatic rings. The van der Waals surface area contributed by atoms with Gasteiger partial charge in [-0.15, -0.1) is 0 Å². The lowest BCUT2D eigenvalue weighted by molar-refractivity contribution is -0.149. The first-order valence-electron chi connectivity index (χ1n) is 15.7. The van der Waals surface area contributed by atoms with Gasteiger partial charge < -0.3 is 39.8 Å². The summed E-state index contributed by atoms with van der Waals surface area (Å²) in [7, 11) is 5.47. The standard InChI is InChI=1S/C31H50N4O9S/c1-34(2)17-18-35(3)31(41)44-26-12-9-24(10-13-26)23-43-29(39)22-25(11-14-28(37)38)30(40)33-16-20-42-19-15-32-27(36)8-6-4-5-7-21-45/h9-10,12-13,25,45H,4-8,11,14-23H2,1-3H3,(H,32,36)(H,33,40)(H,37,38)/i21T. The van der Waals surface area contributed by atoms with Crippen LogP contribution in [0, 0.1) is 5.92 Å². The Morgan fingerprint density at radius 2 is 1.60 bits per heavy atom. The van der Waals surface area contributed by atoms with Gasteiger partial charge in [-0.2, -0.15) is 12.6 Å². The summed E-state index contributed by atoms with van der Waals surface area (Å²) in [5.41, 5.74) is 0.261. The first-order chi connectivity index (χ1) is 21.9. The van der Waals surface area contributed by atoms with Gasteiger partial charge in [-0.3, -0.25) is 19.2 Å². The molecule has 3 amide bonds. The van der Waals surface area contributed by atoms with Crippen molar-refractivity contribution in [2.24, 2.45) is 5.92 Å². The molecular weight excluding hydrogens is 604 g/mol. The van der Waals surface area contributed by atoms with Crippen LogP contribution in [-0.2, 0) is 35.3 Å². The monoisotopic (exact) mass is 656 g/mol. The maximum atomic E-state index is 12.7. The Bertz CT molecular complexity index is 1080. The van der Waals surface area contributed by atoms with Crippen molar-refractivity contribution >= 4 is 42.5 Å². The number of esters is 1. The Hall–Kier alpha value is -3.36. The Balaban J connectivity index is 2.37. The third-order valence-electron chi connectivity index (χ3n) is 6.56. The second-order valence-electron chi connectivity index (χ2n) is 10.8. The number of ether oxygens (including phenoxy) is 3. The van der Waals surface area contributed by atoms with Gasteiger partial charge in [-0.1, -0.05) is 25.0 Å². The second-order valence-corrected chi connectivity index (χ2v) is 11.1. The van der Waals surface area contributed by atoms with Gasteiger partial charge in [0.15, 0.2) is 0 Å². The fourth-order valence-corrected chi connectivity index (χ4v) is 4.05. The summed E-state index contributed by atoms with van der Waals surface area (Å²) in [4.78, 5) is 63.8. The number of aliphatic carboxylic acids is 1. The molecule has 0 spiro atoms. The predicted octanol–water partition coefficient (Wildman–Crippen LogP) is 2.72. The zero-order valence-corrected chi connectivity index (χ0v) is 27.5. The summed E-state index contributed by atoms with van der Waals surface area (Å²) >= 11 is 4.01. The van der Waals surface area contributed by atoms with Crippen molar-refractivity contribution in [1.82, 2.24) is 20.4 Å². The number of rotatable bonds is 24. The van der Waals surface area contributed by atoms with Crippen molar-refractivity contribution in [3.63, 3.8) is 0 Å². The Kier molecular flexibility index (Phi) is 20.1. The van der Waals surface area contributed by atoms with E-state index in [1.165, 1.54) is 4.90 Å². The summed E-state index contributed by atoms with van der Waals surface area (Å²) in [6, 6.07) is 6.47. The molecule has 1 aromatic carbocycles. The third-order valence-corrected chi connectivity index (χ3v) is 6.82. The zero-order valence-electron chi connectivity index (χ0n) is 27.6. The van der Waals surface area contributed by atoms with Crippen molar-refractivity contribution in [3.05, 3.63) is 29.8 Å². The van der Waals surface area contributed by atoms with Crippen LogP contribution >= 0.6 is 12.6 Å². The molecule has 3 N–H and O–H groups in total. The Morgan fingerprint density at radius 3 is 2.24 bits per heavy atom. The topological polar surface area (TPSA) is 164 Å². The number of hydrogen-bond acceptors (Lipinski definition) is 10. The van der Waals surface area contributed by atoms with Gasteiger partial charge in [-0.05, 0) is 56.8 Å². The van der Waals surface area contributed by atoms with Crippen LogP contribution in [0.2, 0.25) is 0 Å². The maximum Gasteiger partial charge on any atom is 0.415 e. The quantitative estimate of drug-likeness (QED) is 0.0739. The van der Waals surface area contributed by atoms with E-state index < -0.39 is 29.9 Å². The van der Waals surface area contributed by atoms with E-state index in [0.29, 0.717) is 43.8 Å². The number of benzene rings is 1. The number of likely N-dealkylation sites (N-methyl/N-ethyl adjacent to an activating group) is 2. The molecule has 14 heteroatoms. The average molecular weight is 657 g/mol. The highest BCUT2D eigenvalue weighted by Gasteiger charge is 2.23. The SMILES string of the molecule is [3H]C(S)CCCCCC(=O)NCCOCCNC(=O)C(CCC(=O)O)CC(=O)OCc1ccc(OC(=O)N(C)CCN(C)C)cc1. The minimum Gasteiger partial charge on any atom is -0.481 e. The van der Waals surface area contributed by atoms with Gasteiger partial charge in [0, 0.05) is 53.4 Å². The van der Waals surface area contributed by atoms with Crippen LogP contribution in [0.5, 0.6) is 5.75 Å². The summed E-state index contributed by atoms with van der Waals surface area (Å²) < 4.78 is 23.4. The molecule has 0 aromatic heterocycles. The van der Waals surface area contributed by atoms with Crippen molar-refractivity contribution in [2.75, 3.05) is 66.3 Å². The molecule has 0 bridgehead atoms. The molecule has 0 fully saturated rings. The van der Waals surface area contributed by atoms with E-state index in [4.69, 9.17) is 20.7 Å². The Labute approximate surface area is 273 Å². The van der Waals surface area contributed by atoms with Crippen LogP contribution in [0.15, 0.2) is 24.3 Å². The second kappa shape index (κ2) is 23.9. The van der Waals surface area contributed by atoms with E-state index in [-0.39, 0.29) is 57.3 Å². The first-order valence-corrected chi connectivity index (χ1v) is 15.7. The number of carbonyl (C=O) groups excluding carboxylic acids is 4. The van der Waals surface area contributed by atoms with E-state index in [9.17, 15) is 24.0 Å². The fourth-order valence-electron chi connectivity index (χ4n) is 3.86. The van der Waals surface area contributed by atoms with Crippen molar-refractivity contribution in [1.29, 1.82) is 0 Å². The molecule has 0 saturated heterocycles. The fraction of sp³-hybridized carbons (Fsp3) is 0.645. The number of nitrogens with zero attached hydrogens (tertiary/aromatic N) is 2. The molecule has 45 heavy (non-hydrogen) atoms. The normalized spacial score (nSPS) is 12.5. The van der Waals surface area contributed by atoms with E-state index in [1.54, 1.807) is 31.3 Å². The highest BCUT2D eigenvalue weighted by atomic mass is 32.1. The number of carboxylic acid groups (broad SMARTS) is 1. The zero-order chi connectivity index (χ0) is 34.3. The molecule has 1 rings (SSSR count). The largest absolute Gasteiger partial charge is 0.481 e. The minimum absolute atomic E-state index is 0.0372. The average Bonchev–Trinajstić information content (AvgIpc) is 3.00. The van der Waals surface area contributed by atoms with E-state index >= 15 is 0 Å². The smallest absolute Gasteiger partial charge is 0.415 e. The van der Waals surface area contributed by atoms with Crippen LogP contribution in [0.3, 0.4) is 0 Å². The summed E-state index contributed by atoms with van der Waals surface area (Å²) in [5, 5.41) is 14.5. The number of thiol groups is 1. The van der Waals surface area contributed by atoms with Crippen LogP contribution in [-0.4, -0.2) is 111 Å². The van der Waals surface area contributed by atoms with E-state index in [2.05, 4.69) is 23.3 Å². The van der Waals surface area contributed by atoms with E-state index in [0.717, 1.165) is 19.3 Å². The molecule has 0 aliphatic carbocycles. The first kappa shape index (κ1) is 37.8. The lowest BCUT2D eigenvalue weighted by Gasteiger charge is -2.19. The van der Waals surface area contributed by atoms with Crippen LogP contribution in [0.1, 0.15) is 58.3 Å². The lowest BCUT2D eigenvalue weighted by atomic mass is 9.98. The highest BCUT2D eigenvalue weighted by Crippen LogP contribution is 2.16. The molecule has 0 heterocycles. The third kappa shape index (κ3) is 20.3. The molecular formula is C31H50N4O9S. The van der Waals surface area contributed by atoms with Crippen molar-refractivity contribution in [2.45, 2.75) is 58.0 Å². The maximum absolute atomic E-state index is 12.7.